The van der Waals surface area contributed by atoms with E-state index in [1.165, 1.54) is 6.92 Å². The molecule has 1 amide bonds. The number of aromatic nitrogens is 1. The summed E-state index contributed by atoms with van der Waals surface area (Å²) < 4.78 is 1.72. The van der Waals surface area contributed by atoms with E-state index in [1.54, 1.807) is 22.8 Å². The number of hydrogen-bond acceptors (Lipinski definition) is 3. The Labute approximate surface area is 194 Å². The van der Waals surface area contributed by atoms with Gasteiger partial charge in [0.25, 0.3) is 5.56 Å². The number of nitrogens with one attached hydrogen (secondary N) is 1. The summed E-state index contributed by atoms with van der Waals surface area (Å²) >= 11 is 0. The number of rotatable bonds is 6. The molecule has 0 spiro atoms. The van der Waals surface area contributed by atoms with Gasteiger partial charge in [-0.1, -0.05) is 71.0 Å². The number of carbonyl (C=O) groups excluding carboxylic acids is 1. The standard InChI is InChI=1S/C27H32N2O4/c1-16(2)15-29-23(24(27(4,5)6)28-26(32)33)22(18-10-8-7-9-11-18)21-14-19(17(3)30)12-13-20(21)25(29)31/h7-14,16,24,28H,15H2,1-6H3,(H,32,33). The molecule has 0 bridgehead atoms. The van der Waals surface area contributed by atoms with Crippen molar-refractivity contribution in [3.63, 3.8) is 0 Å². The van der Waals surface area contributed by atoms with Crippen molar-refractivity contribution >= 4 is 22.6 Å². The van der Waals surface area contributed by atoms with Crippen LogP contribution in [-0.4, -0.2) is 21.6 Å². The van der Waals surface area contributed by atoms with Crippen molar-refractivity contribution in [3.05, 3.63) is 70.1 Å². The third-order valence-electron chi connectivity index (χ3n) is 5.74. The number of ketones is 1. The molecular weight excluding hydrogens is 416 g/mol. The summed E-state index contributed by atoms with van der Waals surface area (Å²) in [5.41, 5.74) is 2.02. The van der Waals surface area contributed by atoms with Crippen molar-refractivity contribution in [2.45, 2.75) is 54.1 Å². The summed E-state index contributed by atoms with van der Waals surface area (Å²) in [4.78, 5) is 37.8. The van der Waals surface area contributed by atoms with Gasteiger partial charge >= 0.3 is 6.09 Å². The van der Waals surface area contributed by atoms with Crippen LogP contribution in [0.3, 0.4) is 0 Å². The summed E-state index contributed by atoms with van der Waals surface area (Å²) in [6.07, 6.45) is -1.16. The van der Waals surface area contributed by atoms with Crippen LogP contribution in [0, 0.1) is 11.3 Å². The Hall–Kier alpha value is -3.41. The molecule has 1 heterocycles. The fraction of sp³-hybridized carbons (Fsp3) is 0.370. The highest BCUT2D eigenvalue weighted by Gasteiger charge is 2.34. The molecule has 0 radical (unpaired) electrons. The summed E-state index contributed by atoms with van der Waals surface area (Å²) in [7, 11) is 0. The second-order valence-corrected chi connectivity index (χ2v) is 10.0. The van der Waals surface area contributed by atoms with Gasteiger partial charge in [0.2, 0.25) is 0 Å². The average Bonchev–Trinajstić information content (AvgIpc) is 2.73. The number of carboxylic acid groups (broad SMARTS) is 1. The van der Waals surface area contributed by atoms with Gasteiger partial charge in [0.05, 0.1) is 11.7 Å². The van der Waals surface area contributed by atoms with E-state index in [2.05, 4.69) is 5.32 Å². The molecule has 0 saturated carbocycles. The van der Waals surface area contributed by atoms with E-state index in [1.807, 2.05) is 65.0 Å². The zero-order valence-corrected chi connectivity index (χ0v) is 20.1. The lowest BCUT2D eigenvalue weighted by Crippen LogP contribution is -2.40. The van der Waals surface area contributed by atoms with Gasteiger partial charge in [-0.05, 0) is 41.3 Å². The molecule has 2 aromatic carbocycles. The summed E-state index contributed by atoms with van der Waals surface area (Å²) in [6.45, 7) is 11.8. The Bertz CT molecular complexity index is 1250. The first kappa shape index (κ1) is 24.2. The normalized spacial score (nSPS) is 12.7. The number of Topliss-reactive ketones (excluding diaryl/α,β-unsaturated/α-hetero) is 1. The number of pyridine rings is 1. The van der Waals surface area contributed by atoms with Crippen LogP contribution in [0.5, 0.6) is 0 Å². The molecule has 6 heteroatoms. The maximum atomic E-state index is 13.8. The molecule has 3 rings (SSSR count). The van der Waals surface area contributed by atoms with Gasteiger partial charge in [-0.25, -0.2) is 4.79 Å². The monoisotopic (exact) mass is 448 g/mol. The average molecular weight is 449 g/mol. The van der Waals surface area contributed by atoms with Crippen LogP contribution in [0.1, 0.15) is 63.6 Å². The molecule has 0 saturated heterocycles. The van der Waals surface area contributed by atoms with Crippen LogP contribution < -0.4 is 10.9 Å². The molecule has 1 unspecified atom stereocenters. The third kappa shape index (κ3) is 5.00. The first-order chi connectivity index (χ1) is 15.4. The van der Waals surface area contributed by atoms with Crippen molar-refractivity contribution in [2.75, 3.05) is 0 Å². The highest BCUT2D eigenvalue weighted by molar-refractivity contribution is 6.03. The van der Waals surface area contributed by atoms with Gasteiger partial charge in [0, 0.05) is 23.1 Å². The van der Waals surface area contributed by atoms with Gasteiger partial charge < -0.3 is 15.0 Å². The third-order valence-corrected chi connectivity index (χ3v) is 5.74. The first-order valence-corrected chi connectivity index (χ1v) is 11.2. The van der Waals surface area contributed by atoms with E-state index in [-0.39, 0.29) is 17.3 Å². The van der Waals surface area contributed by atoms with E-state index in [0.29, 0.717) is 28.6 Å². The van der Waals surface area contributed by atoms with Gasteiger partial charge in [-0.15, -0.1) is 0 Å². The Morgan fingerprint density at radius 1 is 1.03 bits per heavy atom. The van der Waals surface area contributed by atoms with E-state index < -0.39 is 17.6 Å². The van der Waals surface area contributed by atoms with Crippen molar-refractivity contribution in [3.8, 4) is 11.1 Å². The number of nitrogens with zero attached hydrogens (tertiary/aromatic N) is 1. The minimum atomic E-state index is -1.16. The van der Waals surface area contributed by atoms with Crippen LogP contribution in [0.15, 0.2) is 53.3 Å². The van der Waals surface area contributed by atoms with Gasteiger partial charge in [-0.3, -0.25) is 9.59 Å². The van der Waals surface area contributed by atoms with E-state index in [4.69, 9.17) is 0 Å². The zero-order chi connectivity index (χ0) is 24.5. The van der Waals surface area contributed by atoms with Crippen molar-refractivity contribution in [2.24, 2.45) is 11.3 Å². The summed E-state index contributed by atoms with van der Waals surface area (Å²) in [6, 6.07) is 14.1. The SMILES string of the molecule is CC(=O)c1ccc2c(=O)n(CC(C)C)c(C(NC(=O)O)C(C)(C)C)c(-c3ccccc3)c2c1. The van der Waals surface area contributed by atoms with Crippen LogP contribution in [0.2, 0.25) is 0 Å². The predicted octanol–water partition coefficient (Wildman–Crippen LogP) is 5.88. The second kappa shape index (κ2) is 9.22. The number of amides is 1. The Morgan fingerprint density at radius 3 is 2.18 bits per heavy atom. The lowest BCUT2D eigenvalue weighted by atomic mass is 9.80. The molecule has 0 aliphatic heterocycles. The predicted molar refractivity (Wildman–Crippen MR) is 132 cm³/mol. The molecule has 1 aromatic heterocycles. The molecule has 0 fully saturated rings. The fourth-order valence-corrected chi connectivity index (χ4v) is 4.26. The molecular formula is C27H32N2O4. The lowest BCUT2D eigenvalue weighted by molar-refractivity contribution is 0.101. The Kier molecular flexibility index (Phi) is 6.77. The van der Waals surface area contributed by atoms with E-state index in [0.717, 1.165) is 11.1 Å². The molecule has 1 atom stereocenters. The first-order valence-electron chi connectivity index (χ1n) is 11.2. The van der Waals surface area contributed by atoms with E-state index in [9.17, 15) is 19.5 Å². The number of benzene rings is 2. The maximum absolute atomic E-state index is 13.8. The summed E-state index contributed by atoms with van der Waals surface area (Å²) in [5, 5.41) is 13.5. The van der Waals surface area contributed by atoms with Crippen molar-refractivity contribution < 1.29 is 14.7 Å². The highest BCUT2D eigenvalue weighted by Crippen LogP contribution is 2.41. The topological polar surface area (TPSA) is 88.4 Å². The van der Waals surface area contributed by atoms with Crippen LogP contribution in [0.25, 0.3) is 21.9 Å². The smallest absolute Gasteiger partial charge is 0.405 e. The molecule has 6 nitrogen and oxygen atoms in total. The van der Waals surface area contributed by atoms with Crippen LogP contribution >= 0.6 is 0 Å². The van der Waals surface area contributed by atoms with Gasteiger partial charge in [0.1, 0.15) is 0 Å². The lowest BCUT2D eigenvalue weighted by Gasteiger charge is -2.35. The Balaban J connectivity index is 2.61. The second-order valence-electron chi connectivity index (χ2n) is 10.0. The summed E-state index contributed by atoms with van der Waals surface area (Å²) in [5.74, 6) is 0.0596. The molecule has 2 N–H and O–H groups in total. The largest absolute Gasteiger partial charge is 0.465 e. The minimum absolute atomic E-state index is 0.0974. The highest BCUT2D eigenvalue weighted by atomic mass is 16.4. The van der Waals surface area contributed by atoms with Gasteiger partial charge in [0.15, 0.2) is 5.78 Å². The number of carbonyl (C=O) groups is 2. The van der Waals surface area contributed by atoms with Crippen molar-refractivity contribution in [1.29, 1.82) is 0 Å². The molecule has 174 valence electrons. The fourth-order valence-electron chi connectivity index (χ4n) is 4.26. The molecule has 3 aromatic rings. The number of fused-ring (bicyclic) bond motifs is 1. The zero-order valence-electron chi connectivity index (χ0n) is 20.1. The minimum Gasteiger partial charge on any atom is -0.465 e. The van der Waals surface area contributed by atoms with Crippen LogP contribution in [-0.2, 0) is 6.54 Å². The Morgan fingerprint density at radius 2 is 1.67 bits per heavy atom. The molecule has 0 aliphatic carbocycles. The quantitative estimate of drug-likeness (QED) is 0.461. The van der Waals surface area contributed by atoms with Gasteiger partial charge in [-0.2, -0.15) is 0 Å². The molecule has 33 heavy (non-hydrogen) atoms. The maximum Gasteiger partial charge on any atom is 0.405 e. The van der Waals surface area contributed by atoms with E-state index >= 15 is 0 Å². The van der Waals surface area contributed by atoms with Crippen LogP contribution in [0.4, 0.5) is 4.79 Å². The van der Waals surface area contributed by atoms with Crippen molar-refractivity contribution in [1.82, 2.24) is 9.88 Å². The number of hydrogen-bond donors (Lipinski definition) is 2. The molecule has 0 aliphatic rings.